The standard InChI is InChI=1S/C9H14F3NO2/c1-2-15-8(14)5-7(9(10,11)12)13-6-3-4-6/h6-7,13H,2-5H2,1H3/t7-/m1/s1. The molecule has 1 rings (SSSR count). The van der Waals surface area contributed by atoms with Gasteiger partial charge in [-0.25, -0.2) is 0 Å². The Morgan fingerprint density at radius 2 is 2.13 bits per heavy atom. The van der Waals surface area contributed by atoms with Gasteiger partial charge < -0.3 is 10.1 Å². The molecule has 0 aromatic rings. The first-order valence-electron chi connectivity index (χ1n) is 4.92. The van der Waals surface area contributed by atoms with Gasteiger partial charge in [-0.15, -0.1) is 0 Å². The number of alkyl halides is 3. The van der Waals surface area contributed by atoms with Crippen molar-refractivity contribution < 1.29 is 22.7 Å². The molecule has 0 amide bonds. The summed E-state index contributed by atoms with van der Waals surface area (Å²) in [7, 11) is 0. The first kappa shape index (κ1) is 12.3. The van der Waals surface area contributed by atoms with E-state index < -0.39 is 24.6 Å². The lowest BCUT2D eigenvalue weighted by Crippen LogP contribution is -2.45. The van der Waals surface area contributed by atoms with Crippen molar-refractivity contribution in [1.29, 1.82) is 0 Å². The zero-order chi connectivity index (χ0) is 11.5. The molecular formula is C9H14F3NO2. The lowest BCUT2D eigenvalue weighted by molar-refractivity contribution is -0.169. The van der Waals surface area contributed by atoms with Crippen molar-refractivity contribution in [1.82, 2.24) is 5.32 Å². The molecule has 1 aliphatic carbocycles. The van der Waals surface area contributed by atoms with Gasteiger partial charge in [-0.3, -0.25) is 4.79 Å². The van der Waals surface area contributed by atoms with Crippen molar-refractivity contribution in [3.63, 3.8) is 0 Å². The minimum absolute atomic E-state index is 0.0916. The summed E-state index contributed by atoms with van der Waals surface area (Å²) in [5.41, 5.74) is 0. The third kappa shape index (κ3) is 4.51. The van der Waals surface area contributed by atoms with E-state index >= 15 is 0 Å². The Morgan fingerprint density at radius 3 is 2.53 bits per heavy atom. The number of hydrogen-bond donors (Lipinski definition) is 1. The number of halogens is 3. The number of ether oxygens (including phenoxy) is 1. The van der Waals surface area contributed by atoms with Crippen LogP contribution in [0.25, 0.3) is 0 Å². The van der Waals surface area contributed by atoms with Crippen molar-refractivity contribution in [3.8, 4) is 0 Å². The second-order valence-corrected chi connectivity index (χ2v) is 3.54. The molecule has 3 nitrogen and oxygen atoms in total. The summed E-state index contributed by atoms with van der Waals surface area (Å²) in [5.74, 6) is -0.812. The van der Waals surface area contributed by atoms with Gasteiger partial charge in [0, 0.05) is 6.04 Å². The predicted molar refractivity (Wildman–Crippen MR) is 47.3 cm³/mol. The van der Waals surface area contributed by atoms with Crippen molar-refractivity contribution in [2.45, 2.75) is 44.4 Å². The van der Waals surface area contributed by atoms with Gasteiger partial charge in [-0.05, 0) is 19.8 Å². The van der Waals surface area contributed by atoms with Crippen LogP contribution in [0.4, 0.5) is 13.2 Å². The Hall–Kier alpha value is -0.780. The average molecular weight is 225 g/mol. The molecule has 88 valence electrons. The van der Waals surface area contributed by atoms with E-state index in [-0.39, 0.29) is 12.6 Å². The van der Waals surface area contributed by atoms with Gasteiger partial charge in [0.25, 0.3) is 0 Å². The van der Waals surface area contributed by atoms with Gasteiger partial charge in [0.15, 0.2) is 0 Å². The highest BCUT2D eigenvalue weighted by Crippen LogP contribution is 2.27. The smallest absolute Gasteiger partial charge is 0.404 e. The summed E-state index contributed by atoms with van der Waals surface area (Å²) in [6.45, 7) is 1.67. The molecule has 0 saturated heterocycles. The maximum absolute atomic E-state index is 12.4. The Bertz CT molecular complexity index is 226. The average Bonchev–Trinajstić information content (AvgIpc) is 2.85. The Kier molecular flexibility index (Phi) is 3.96. The lowest BCUT2D eigenvalue weighted by atomic mass is 10.2. The van der Waals surface area contributed by atoms with E-state index in [1.54, 1.807) is 6.92 Å². The van der Waals surface area contributed by atoms with Crippen LogP contribution in [0.15, 0.2) is 0 Å². The van der Waals surface area contributed by atoms with Crippen molar-refractivity contribution >= 4 is 5.97 Å². The van der Waals surface area contributed by atoms with Gasteiger partial charge >= 0.3 is 12.1 Å². The predicted octanol–water partition coefficient (Wildman–Crippen LogP) is 1.62. The van der Waals surface area contributed by atoms with E-state index in [1.165, 1.54) is 0 Å². The third-order valence-electron chi connectivity index (χ3n) is 2.09. The normalized spacial score (nSPS) is 18.7. The summed E-state index contributed by atoms with van der Waals surface area (Å²) in [5, 5.41) is 2.39. The van der Waals surface area contributed by atoms with Crippen LogP contribution >= 0.6 is 0 Å². The highest BCUT2D eigenvalue weighted by Gasteiger charge is 2.43. The number of rotatable bonds is 5. The fourth-order valence-corrected chi connectivity index (χ4v) is 1.19. The fourth-order valence-electron chi connectivity index (χ4n) is 1.19. The first-order valence-corrected chi connectivity index (χ1v) is 4.92. The summed E-state index contributed by atoms with van der Waals surface area (Å²) in [6.07, 6.45) is -3.55. The van der Waals surface area contributed by atoms with Gasteiger partial charge in [-0.1, -0.05) is 0 Å². The van der Waals surface area contributed by atoms with E-state index in [0.717, 1.165) is 12.8 Å². The van der Waals surface area contributed by atoms with Crippen molar-refractivity contribution in [2.75, 3.05) is 6.61 Å². The van der Waals surface area contributed by atoms with Crippen molar-refractivity contribution in [2.24, 2.45) is 0 Å². The van der Waals surface area contributed by atoms with Crippen LogP contribution in [0.3, 0.4) is 0 Å². The second-order valence-electron chi connectivity index (χ2n) is 3.54. The number of nitrogens with one attached hydrogen (secondary N) is 1. The minimum Gasteiger partial charge on any atom is -0.466 e. The van der Waals surface area contributed by atoms with Gasteiger partial charge in [0.1, 0.15) is 6.04 Å². The molecule has 1 atom stereocenters. The summed E-state index contributed by atoms with van der Waals surface area (Å²) >= 11 is 0. The molecule has 0 radical (unpaired) electrons. The molecule has 0 spiro atoms. The highest BCUT2D eigenvalue weighted by atomic mass is 19.4. The number of carbonyl (C=O) groups is 1. The third-order valence-corrected chi connectivity index (χ3v) is 2.09. The van der Waals surface area contributed by atoms with Crippen LogP contribution in [-0.2, 0) is 9.53 Å². The molecule has 1 fully saturated rings. The molecule has 0 heterocycles. The Labute approximate surface area is 86.0 Å². The summed E-state index contributed by atoms with van der Waals surface area (Å²) in [6, 6.07) is -1.87. The molecule has 15 heavy (non-hydrogen) atoms. The zero-order valence-electron chi connectivity index (χ0n) is 8.43. The molecule has 1 saturated carbocycles. The van der Waals surface area contributed by atoms with Crippen LogP contribution in [0.2, 0.25) is 0 Å². The quantitative estimate of drug-likeness (QED) is 0.722. The van der Waals surface area contributed by atoms with E-state index in [1.807, 2.05) is 0 Å². The van der Waals surface area contributed by atoms with E-state index in [4.69, 9.17) is 0 Å². The molecule has 0 aliphatic heterocycles. The Morgan fingerprint density at radius 1 is 1.53 bits per heavy atom. The van der Waals surface area contributed by atoms with Gasteiger partial charge in [0.2, 0.25) is 0 Å². The fraction of sp³-hybridized carbons (Fsp3) is 0.889. The molecule has 0 unspecified atom stereocenters. The largest absolute Gasteiger partial charge is 0.466 e. The second kappa shape index (κ2) is 4.83. The van der Waals surface area contributed by atoms with Gasteiger partial charge in [-0.2, -0.15) is 13.2 Å². The molecule has 1 N–H and O–H groups in total. The van der Waals surface area contributed by atoms with E-state index in [9.17, 15) is 18.0 Å². The summed E-state index contributed by atoms with van der Waals surface area (Å²) < 4.78 is 41.8. The minimum atomic E-state index is -4.39. The van der Waals surface area contributed by atoms with Gasteiger partial charge in [0.05, 0.1) is 13.0 Å². The highest BCUT2D eigenvalue weighted by molar-refractivity contribution is 5.70. The van der Waals surface area contributed by atoms with Crippen molar-refractivity contribution in [3.05, 3.63) is 0 Å². The van der Waals surface area contributed by atoms with Crippen LogP contribution < -0.4 is 5.32 Å². The SMILES string of the molecule is CCOC(=O)C[C@@H](NC1CC1)C(F)(F)F. The zero-order valence-corrected chi connectivity index (χ0v) is 8.43. The number of esters is 1. The number of carbonyl (C=O) groups excluding carboxylic acids is 1. The van der Waals surface area contributed by atoms with Crippen LogP contribution in [0, 0.1) is 0 Å². The molecule has 0 bridgehead atoms. The maximum Gasteiger partial charge on any atom is 0.404 e. The molecule has 0 aromatic heterocycles. The van der Waals surface area contributed by atoms with Crippen LogP contribution in [-0.4, -0.2) is 30.8 Å². The van der Waals surface area contributed by atoms with E-state index in [2.05, 4.69) is 10.1 Å². The lowest BCUT2D eigenvalue weighted by Gasteiger charge is -2.20. The topological polar surface area (TPSA) is 38.3 Å². The van der Waals surface area contributed by atoms with Crippen LogP contribution in [0.1, 0.15) is 26.2 Å². The maximum atomic E-state index is 12.4. The molecule has 6 heteroatoms. The first-order chi connectivity index (χ1) is 6.93. The monoisotopic (exact) mass is 225 g/mol. The molecular weight excluding hydrogens is 211 g/mol. The Balaban J connectivity index is 2.44. The molecule has 0 aromatic carbocycles. The summed E-state index contributed by atoms with van der Waals surface area (Å²) in [4.78, 5) is 10.9. The van der Waals surface area contributed by atoms with E-state index in [0.29, 0.717) is 0 Å². The number of hydrogen-bond acceptors (Lipinski definition) is 3. The molecule has 1 aliphatic rings. The van der Waals surface area contributed by atoms with Crippen LogP contribution in [0.5, 0.6) is 0 Å².